The molecule has 0 spiro atoms. The van der Waals surface area contributed by atoms with Gasteiger partial charge in [0.25, 0.3) is 0 Å². The SMILES string of the molecule is Cc1cnccc1NC(=O)Cc1ccccc1C(=O)O. The molecule has 5 nitrogen and oxygen atoms in total. The molecule has 0 unspecified atom stereocenters. The van der Waals surface area contributed by atoms with Crippen molar-refractivity contribution in [2.24, 2.45) is 0 Å². The molecule has 0 saturated carbocycles. The van der Waals surface area contributed by atoms with Gasteiger partial charge >= 0.3 is 5.97 Å². The molecule has 1 aromatic carbocycles. The molecule has 1 aromatic heterocycles. The van der Waals surface area contributed by atoms with E-state index >= 15 is 0 Å². The van der Waals surface area contributed by atoms with Crippen molar-refractivity contribution in [2.45, 2.75) is 13.3 Å². The van der Waals surface area contributed by atoms with Crippen LogP contribution < -0.4 is 5.32 Å². The van der Waals surface area contributed by atoms with Gasteiger partial charge in [0.15, 0.2) is 0 Å². The molecule has 0 aliphatic rings. The molecule has 5 heteroatoms. The van der Waals surface area contributed by atoms with Crippen molar-refractivity contribution < 1.29 is 14.7 Å². The lowest BCUT2D eigenvalue weighted by Gasteiger charge is -2.09. The highest BCUT2D eigenvalue weighted by Gasteiger charge is 2.13. The van der Waals surface area contributed by atoms with Gasteiger partial charge in [-0.15, -0.1) is 0 Å². The number of pyridine rings is 1. The summed E-state index contributed by atoms with van der Waals surface area (Å²) in [4.78, 5) is 27.0. The first-order valence-electron chi connectivity index (χ1n) is 6.09. The van der Waals surface area contributed by atoms with E-state index in [1.807, 2.05) is 6.92 Å². The lowest BCUT2D eigenvalue weighted by Crippen LogP contribution is -2.17. The maximum Gasteiger partial charge on any atom is 0.335 e. The second kappa shape index (κ2) is 5.97. The molecule has 2 rings (SSSR count). The van der Waals surface area contributed by atoms with Crippen molar-refractivity contribution >= 4 is 17.6 Å². The highest BCUT2D eigenvalue weighted by molar-refractivity contribution is 5.96. The minimum absolute atomic E-state index is 0.0181. The van der Waals surface area contributed by atoms with Crippen molar-refractivity contribution in [2.75, 3.05) is 5.32 Å². The van der Waals surface area contributed by atoms with E-state index in [9.17, 15) is 9.59 Å². The van der Waals surface area contributed by atoms with E-state index in [0.717, 1.165) is 5.56 Å². The molecule has 0 radical (unpaired) electrons. The molecule has 1 heterocycles. The summed E-state index contributed by atoms with van der Waals surface area (Å²) in [5.74, 6) is -1.29. The van der Waals surface area contributed by atoms with Gasteiger partial charge in [0.2, 0.25) is 5.91 Å². The predicted molar refractivity (Wildman–Crippen MR) is 74.7 cm³/mol. The van der Waals surface area contributed by atoms with Gasteiger partial charge in [-0.25, -0.2) is 4.79 Å². The summed E-state index contributed by atoms with van der Waals surface area (Å²) in [5, 5.41) is 11.8. The minimum atomic E-state index is -1.03. The fraction of sp³-hybridized carbons (Fsp3) is 0.133. The number of hydrogen-bond acceptors (Lipinski definition) is 3. The lowest BCUT2D eigenvalue weighted by atomic mass is 10.0. The van der Waals surface area contributed by atoms with Crippen LogP contribution in [-0.2, 0) is 11.2 Å². The van der Waals surface area contributed by atoms with Gasteiger partial charge in [-0.1, -0.05) is 18.2 Å². The van der Waals surface area contributed by atoms with E-state index in [1.54, 1.807) is 36.7 Å². The quantitative estimate of drug-likeness (QED) is 0.893. The molecule has 0 fully saturated rings. The van der Waals surface area contributed by atoms with Gasteiger partial charge < -0.3 is 10.4 Å². The fourth-order valence-corrected chi connectivity index (χ4v) is 1.86. The Morgan fingerprint density at radius 1 is 1.25 bits per heavy atom. The molecular formula is C15H14N2O3. The number of anilines is 1. The zero-order valence-electron chi connectivity index (χ0n) is 11.0. The first kappa shape index (κ1) is 13.7. The van der Waals surface area contributed by atoms with Crippen LogP contribution in [0.2, 0.25) is 0 Å². The van der Waals surface area contributed by atoms with Crippen LogP contribution in [0.1, 0.15) is 21.5 Å². The number of aryl methyl sites for hydroxylation is 1. The summed E-state index contributed by atoms with van der Waals surface area (Å²) < 4.78 is 0. The number of benzene rings is 1. The van der Waals surface area contributed by atoms with Gasteiger partial charge in [-0.2, -0.15) is 0 Å². The monoisotopic (exact) mass is 270 g/mol. The molecule has 1 amide bonds. The smallest absolute Gasteiger partial charge is 0.335 e. The van der Waals surface area contributed by atoms with Crippen molar-refractivity contribution in [3.05, 3.63) is 59.4 Å². The number of carbonyl (C=O) groups is 2. The number of carboxylic acid groups (broad SMARTS) is 1. The Bertz CT molecular complexity index is 653. The van der Waals surface area contributed by atoms with Crippen LogP contribution in [0.15, 0.2) is 42.7 Å². The number of aromatic carboxylic acids is 1. The van der Waals surface area contributed by atoms with Gasteiger partial charge in [-0.05, 0) is 30.2 Å². The Labute approximate surface area is 116 Å². The number of nitrogens with zero attached hydrogens (tertiary/aromatic N) is 1. The third-order valence-electron chi connectivity index (χ3n) is 2.89. The van der Waals surface area contributed by atoms with E-state index in [-0.39, 0.29) is 17.9 Å². The third kappa shape index (κ3) is 3.20. The summed E-state index contributed by atoms with van der Waals surface area (Å²) in [5.41, 5.74) is 2.17. The standard InChI is InChI=1S/C15H14N2O3/c1-10-9-16-7-6-13(10)17-14(18)8-11-4-2-3-5-12(11)15(19)20/h2-7,9H,8H2,1H3,(H,19,20)(H,16,17,18). The number of hydrogen-bond donors (Lipinski definition) is 2. The van der Waals surface area contributed by atoms with E-state index in [0.29, 0.717) is 11.3 Å². The van der Waals surface area contributed by atoms with Crippen molar-refractivity contribution in [1.82, 2.24) is 4.98 Å². The van der Waals surface area contributed by atoms with Crippen LogP contribution in [0.5, 0.6) is 0 Å². The second-order valence-electron chi connectivity index (χ2n) is 4.38. The fourth-order valence-electron chi connectivity index (χ4n) is 1.86. The first-order chi connectivity index (χ1) is 9.58. The number of carbonyl (C=O) groups excluding carboxylic acids is 1. The van der Waals surface area contributed by atoms with Crippen molar-refractivity contribution in [1.29, 1.82) is 0 Å². The number of carboxylic acids is 1. The maximum absolute atomic E-state index is 12.0. The number of nitrogens with one attached hydrogen (secondary N) is 1. The van der Waals surface area contributed by atoms with Crippen LogP contribution in [-0.4, -0.2) is 22.0 Å². The van der Waals surface area contributed by atoms with Crippen molar-refractivity contribution in [3.8, 4) is 0 Å². The van der Waals surface area contributed by atoms with E-state index in [1.165, 1.54) is 6.07 Å². The summed E-state index contributed by atoms with van der Waals surface area (Å²) in [7, 11) is 0. The average molecular weight is 270 g/mol. The Balaban J connectivity index is 2.13. The van der Waals surface area contributed by atoms with Crippen LogP contribution in [0, 0.1) is 6.92 Å². The maximum atomic E-state index is 12.0. The van der Waals surface area contributed by atoms with Crippen LogP contribution in [0.4, 0.5) is 5.69 Å². The molecule has 102 valence electrons. The van der Waals surface area contributed by atoms with E-state index in [2.05, 4.69) is 10.3 Å². The first-order valence-corrected chi connectivity index (χ1v) is 6.09. The molecule has 0 bridgehead atoms. The second-order valence-corrected chi connectivity index (χ2v) is 4.38. The Hall–Kier alpha value is -2.69. The highest BCUT2D eigenvalue weighted by atomic mass is 16.4. The number of rotatable bonds is 4. The number of aromatic nitrogens is 1. The number of amides is 1. The average Bonchev–Trinajstić information content (AvgIpc) is 2.41. The third-order valence-corrected chi connectivity index (χ3v) is 2.89. The largest absolute Gasteiger partial charge is 0.478 e. The normalized spacial score (nSPS) is 10.1. The predicted octanol–water partition coefficient (Wildman–Crippen LogP) is 2.27. The molecule has 0 aliphatic carbocycles. The Morgan fingerprint density at radius 2 is 2.00 bits per heavy atom. The molecule has 20 heavy (non-hydrogen) atoms. The molecule has 2 N–H and O–H groups in total. The highest BCUT2D eigenvalue weighted by Crippen LogP contribution is 2.14. The topological polar surface area (TPSA) is 79.3 Å². The minimum Gasteiger partial charge on any atom is -0.478 e. The zero-order chi connectivity index (χ0) is 14.5. The van der Waals surface area contributed by atoms with Crippen LogP contribution in [0.3, 0.4) is 0 Å². The van der Waals surface area contributed by atoms with Crippen LogP contribution in [0.25, 0.3) is 0 Å². The zero-order valence-corrected chi connectivity index (χ0v) is 11.0. The summed E-state index contributed by atoms with van der Waals surface area (Å²) in [6.07, 6.45) is 3.26. The summed E-state index contributed by atoms with van der Waals surface area (Å²) in [6.45, 7) is 1.84. The molecule has 0 aliphatic heterocycles. The molecule has 2 aromatic rings. The molecular weight excluding hydrogens is 256 g/mol. The van der Waals surface area contributed by atoms with Crippen molar-refractivity contribution in [3.63, 3.8) is 0 Å². The summed E-state index contributed by atoms with van der Waals surface area (Å²) in [6, 6.07) is 8.19. The van der Waals surface area contributed by atoms with Crippen LogP contribution >= 0.6 is 0 Å². The van der Waals surface area contributed by atoms with Gasteiger partial charge in [0.05, 0.1) is 12.0 Å². The Kier molecular flexibility index (Phi) is 4.10. The summed E-state index contributed by atoms with van der Waals surface area (Å²) >= 11 is 0. The van der Waals surface area contributed by atoms with Gasteiger partial charge in [0, 0.05) is 18.1 Å². The van der Waals surface area contributed by atoms with Gasteiger partial charge in [0.1, 0.15) is 0 Å². The van der Waals surface area contributed by atoms with Gasteiger partial charge in [-0.3, -0.25) is 9.78 Å². The van der Waals surface area contributed by atoms with E-state index in [4.69, 9.17) is 5.11 Å². The molecule has 0 saturated heterocycles. The Morgan fingerprint density at radius 3 is 2.70 bits per heavy atom. The van der Waals surface area contributed by atoms with E-state index < -0.39 is 5.97 Å². The lowest BCUT2D eigenvalue weighted by molar-refractivity contribution is -0.115. The molecule has 0 atom stereocenters.